The van der Waals surface area contributed by atoms with Crippen LogP contribution in [-0.4, -0.2) is 38.3 Å². The Kier molecular flexibility index (Phi) is 7.26. The molecule has 1 aromatic rings. The van der Waals surface area contributed by atoms with Gasteiger partial charge >= 0.3 is 0 Å². The molecule has 0 atom stereocenters. The maximum absolute atomic E-state index is 9.60. The van der Waals surface area contributed by atoms with Crippen molar-refractivity contribution in [3.05, 3.63) is 22.2 Å². The van der Waals surface area contributed by atoms with Crippen LogP contribution < -0.4 is 16.0 Å². The Morgan fingerprint density at radius 2 is 1.73 bits per heavy atom. The number of nitrogens with one attached hydrogen (secondary N) is 1. The number of anilines is 2. The molecule has 5 nitrogen and oxygen atoms in total. The van der Waals surface area contributed by atoms with Gasteiger partial charge in [0.05, 0.1) is 15.7 Å². The van der Waals surface area contributed by atoms with Crippen LogP contribution in [0, 0.1) is 0 Å². The van der Waals surface area contributed by atoms with Crippen LogP contribution in [0.2, 0.25) is 10.0 Å². The fourth-order valence-corrected chi connectivity index (χ4v) is 2.66. The zero-order valence-electron chi connectivity index (χ0n) is 13.2. The highest BCUT2D eigenvalue weighted by Crippen LogP contribution is 2.35. The summed E-state index contributed by atoms with van der Waals surface area (Å²) in [5.41, 5.74) is 6.84. The predicted octanol–water partition coefficient (Wildman–Crippen LogP) is 2.94. The van der Waals surface area contributed by atoms with Gasteiger partial charge in [-0.3, -0.25) is 4.79 Å². The smallest absolute Gasteiger partial charge is 0.293 e. The molecule has 0 bridgehead atoms. The van der Waals surface area contributed by atoms with Crippen molar-refractivity contribution in [1.29, 1.82) is 0 Å². The maximum atomic E-state index is 9.60. The van der Waals surface area contributed by atoms with E-state index in [2.05, 4.69) is 15.0 Å². The molecule has 1 saturated heterocycles. The van der Waals surface area contributed by atoms with E-state index in [1.54, 1.807) is 12.1 Å². The number of ether oxygens (including phenoxy) is 1. The average Bonchev–Trinajstić information content (AvgIpc) is 2.38. The van der Waals surface area contributed by atoms with Crippen molar-refractivity contribution >= 4 is 41.0 Å². The Morgan fingerprint density at radius 3 is 2.09 bits per heavy atom. The van der Waals surface area contributed by atoms with Crippen LogP contribution in [0.3, 0.4) is 0 Å². The Balaban J connectivity index is 0.000000295. The average molecular weight is 348 g/mol. The van der Waals surface area contributed by atoms with Crippen molar-refractivity contribution < 1.29 is 9.53 Å². The Labute approximate surface area is 141 Å². The van der Waals surface area contributed by atoms with E-state index in [1.165, 1.54) is 0 Å². The van der Waals surface area contributed by atoms with Crippen LogP contribution >= 0.6 is 23.2 Å². The summed E-state index contributed by atoms with van der Waals surface area (Å²) >= 11 is 12.3. The predicted molar refractivity (Wildman–Crippen MR) is 92.9 cm³/mol. The van der Waals surface area contributed by atoms with Gasteiger partial charge in [0.2, 0.25) is 0 Å². The van der Waals surface area contributed by atoms with Crippen molar-refractivity contribution in [3.8, 4) is 0 Å². The molecule has 3 N–H and O–H groups in total. The first-order chi connectivity index (χ1) is 10.2. The van der Waals surface area contributed by atoms with Crippen LogP contribution in [0.1, 0.15) is 20.8 Å². The lowest BCUT2D eigenvalue weighted by molar-refractivity contribution is -0.138. The van der Waals surface area contributed by atoms with Gasteiger partial charge < -0.3 is 20.7 Å². The molecule has 1 fully saturated rings. The van der Waals surface area contributed by atoms with Crippen LogP contribution in [0.15, 0.2) is 12.1 Å². The van der Waals surface area contributed by atoms with E-state index in [4.69, 9.17) is 28.9 Å². The molecule has 1 aliphatic heterocycles. The van der Waals surface area contributed by atoms with E-state index in [9.17, 15) is 4.79 Å². The second kappa shape index (κ2) is 8.46. The second-order valence-corrected chi connectivity index (χ2v) is 6.71. The van der Waals surface area contributed by atoms with Crippen molar-refractivity contribution in [3.63, 3.8) is 0 Å². The van der Waals surface area contributed by atoms with Crippen LogP contribution in [0.4, 0.5) is 11.4 Å². The van der Waals surface area contributed by atoms with Gasteiger partial charge in [-0.2, -0.15) is 0 Å². The third-order valence-electron chi connectivity index (χ3n) is 2.87. The van der Waals surface area contributed by atoms with Gasteiger partial charge in [-0.1, -0.05) is 23.2 Å². The molecule has 22 heavy (non-hydrogen) atoms. The van der Waals surface area contributed by atoms with Crippen LogP contribution in [0.25, 0.3) is 0 Å². The third-order valence-corrected chi connectivity index (χ3v) is 3.45. The first kappa shape index (κ1) is 18.9. The summed E-state index contributed by atoms with van der Waals surface area (Å²) in [5.74, 6) is 0. The molecule has 7 heteroatoms. The number of benzene rings is 1. The molecular formula is C15H23Cl2N3O2. The molecule has 2 rings (SSSR count). The summed E-state index contributed by atoms with van der Waals surface area (Å²) in [4.78, 5) is 11.8. The highest BCUT2D eigenvalue weighted by Gasteiger charge is 2.17. The topological polar surface area (TPSA) is 67.6 Å². The summed E-state index contributed by atoms with van der Waals surface area (Å²) in [7, 11) is 0. The molecule has 1 heterocycles. The van der Waals surface area contributed by atoms with E-state index < -0.39 is 0 Å². The second-order valence-electron chi connectivity index (χ2n) is 5.90. The molecule has 0 aliphatic carbocycles. The molecule has 0 spiro atoms. The molecule has 0 radical (unpaired) electrons. The monoisotopic (exact) mass is 347 g/mol. The minimum absolute atomic E-state index is 0.318. The summed E-state index contributed by atoms with van der Waals surface area (Å²) < 4.78 is 4.55. The highest BCUT2D eigenvalue weighted by molar-refractivity contribution is 6.39. The molecule has 0 saturated carbocycles. The number of halogens is 2. The van der Waals surface area contributed by atoms with Gasteiger partial charge in [-0.25, -0.2) is 0 Å². The van der Waals surface area contributed by atoms with Crippen molar-refractivity contribution in [2.45, 2.75) is 26.4 Å². The number of nitrogens with two attached hydrogens (primary N) is 1. The normalized spacial score (nSPS) is 14.9. The SMILES string of the molecule is CC(C)(C)OC=O.Nc1cc(Cl)c(N2CCNCC2)c(Cl)c1. The number of piperazine rings is 1. The van der Waals surface area contributed by atoms with Gasteiger partial charge in [0, 0.05) is 31.9 Å². The standard InChI is InChI=1S/C10H13Cl2N3.C5H10O2/c11-8-5-7(13)6-9(12)10(8)15-3-1-14-2-4-15;1-5(2,3)7-4-6/h5-6,14H,1-4,13H2;4H,1-3H3. The Bertz CT molecular complexity index is 475. The molecule has 124 valence electrons. The van der Waals surface area contributed by atoms with Gasteiger partial charge in [0.15, 0.2) is 0 Å². The quantitative estimate of drug-likeness (QED) is 0.635. The van der Waals surface area contributed by atoms with Gasteiger partial charge in [0.25, 0.3) is 6.47 Å². The number of carbonyl (C=O) groups is 1. The summed E-state index contributed by atoms with van der Waals surface area (Å²) in [6.07, 6.45) is 0. The largest absolute Gasteiger partial charge is 0.462 e. The van der Waals surface area contributed by atoms with E-state index in [-0.39, 0.29) is 5.60 Å². The summed E-state index contributed by atoms with van der Waals surface area (Å²) in [6.45, 7) is 9.67. The molecular weight excluding hydrogens is 325 g/mol. The number of rotatable bonds is 2. The minimum Gasteiger partial charge on any atom is -0.462 e. The minimum atomic E-state index is -0.318. The number of nitrogen functional groups attached to an aromatic ring is 1. The van der Waals surface area contributed by atoms with E-state index in [1.807, 2.05) is 20.8 Å². The van der Waals surface area contributed by atoms with Crippen LogP contribution in [0.5, 0.6) is 0 Å². The van der Waals surface area contributed by atoms with Crippen molar-refractivity contribution in [1.82, 2.24) is 5.32 Å². The van der Waals surface area contributed by atoms with Crippen LogP contribution in [-0.2, 0) is 9.53 Å². The fraction of sp³-hybridized carbons (Fsp3) is 0.533. The van der Waals surface area contributed by atoms with Gasteiger partial charge in [-0.05, 0) is 32.9 Å². The van der Waals surface area contributed by atoms with Gasteiger partial charge in [-0.15, -0.1) is 0 Å². The lowest BCUT2D eigenvalue weighted by Crippen LogP contribution is -2.43. The van der Waals surface area contributed by atoms with Gasteiger partial charge in [0.1, 0.15) is 5.60 Å². The fourth-order valence-electron chi connectivity index (χ4n) is 1.92. The summed E-state index contributed by atoms with van der Waals surface area (Å²) in [5, 5.41) is 4.54. The number of nitrogens with zero attached hydrogens (tertiary/aromatic N) is 1. The third kappa shape index (κ3) is 6.30. The number of hydrogen-bond acceptors (Lipinski definition) is 5. The number of carbonyl (C=O) groups excluding carboxylic acids is 1. The highest BCUT2D eigenvalue weighted by atomic mass is 35.5. The molecule has 0 unspecified atom stereocenters. The Morgan fingerprint density at radius 1 is 1.23 bits per heavy atom. The van der Waals surface area contributed by atoms with E-state index in [0.29, 0.717) is 22.2 Å². The maximum Gasteiger partial charge on any atom is 0.293 e. The van der Waals surface area contributed by atoms with Crippen molar-refractivity contribution in [2.24, 2.45) is 0 Å². The first-order valence-electron chi connectivity index (χ1n) is 7.06. The molecule has 1 aliphatic rings. The summed E-state index contributed by atoms with van der Waals surface area (Å²) in [6, 6.07) is 3.48. The Hall–Kier alpha value is -1.17. The number of hydrogen-bond donors (Lipinski definition) is 2. The van der Waals surface area contributed by atoms with E-state index >= 15 is 0 Å². The zero-order chi connectivity index (χ0) is 16.8. The van der Waals surface area contributed by atoms with E-state index in [0.717, 1.165) is 31.9 Å². The molecule has 0 aromatic heterocycles. The lowest BCUT2D eigenvalue weighted by Gasteiger charge is -2.31. The molecule has 0 amide bonds. The first-order valence-corrected chi connectivity index (χ1v) is 7.82. The zero-order valence-corrected chi connectivity index (χ0v) is 14.7. The molecule has 1 aromatic carbocycles. The lowest BCUT2D eigenvalue weighted by atomic mass is 10.2. The van der Waals surface area contributed by atoms with Crippen molar-refractivity contribution in [2.75, 3.05) is 36.8 Å².